The Morgan fingerprint density at radius 2 is 1.47 bits per heavy atom. The highest BCUT2D eigenvalue weighted by molar-refractivity contribution is 8.03. The van der Waals surface area contributed by atoms with Crippen LogP contribution in [0.3, 0.4) is 0 Å². The first-order valence-electron chi connectivity index (χ1n) is 13.5. The van der Waals surface area contributed by atoms with Gasteiger partial charge < -0.3 is 9.80 Å². The Labute approximate surface area is 257 Å². The molecule has 0 saturated carbocycles. The van der Waals surface area contributed by atoms with Gasteiger partial charge in [-0.3, -0.25) is 9.59 Å². The van der Waals surface area contributed by atoms with Gasteiger partial charge in [-0.1, -0.05) is 55.8 Å². The average Bonchev–Trinajstić information content (AvgIpc) is 3.54. The Morgan fingerprint density at radius 3 is 2.08 bits per heavy atom. The van der Waals surface area contributed by atoms with E-state index in [2.05, 4.69) is 42.7 Å². The quantitative estimate of drug-likeness (QED) is 0.208. The molecule has 4 nitrogen and oxygen atoms in total. The van der Waals surface area contributed by atoms with Crippen LogP contribution in [0.25, 0.3) is 0 Å². The lowest BCUT2D eigenvalue weighted by molar-refractivity contribution is -0.124. The molecule has 0 aliphatic carbocycles. The minimum absolute atomic E-state index is 0.0772. The van der Waals surface area contributed by atoms with Crippen molar-refractivity contribution in [3.63, 3.8) is 0 Å². The molecule has 0 radical (unpaired) electrons. The SMILES string of the molecule is CCC(C)(CCC(=O)CCC(=O)CCC(C)N1C(=S)C=C2SCCC2C1=S)N1C(=S)C=C2SCCC2C1=S. The van der Waals surface area contributed by atoms with Crippen molar-refractivity contribution in [3.8, 4) is 0 Å². The van der Waals surface area contributed by atoms with E-state index < -0.39 is 0 Å². The van der Waals surface area contributed by atoms with E-state index in [0.29, 0.717) is 38.0 Å². The zero-order valence-corrected chi connectivity index (χ0v) is 27.2. The Bertz CT molecular complexity index is 1110. The molecule has 4 atom stereocenters. The summed E-state index contributed by atoms with van der Waals surface area (Å²) in [7, 11) is 0. The second-order valence-corrected chi connectivity index (χ2v) is 14.9. The van der Waals surface area contributed by atoms with Crippen LogP contribution in [0.4, 0.5) is 0 Å². The summed E-state index contributed by atoms with van der Waals surface area (Å²) >= 11 is 26.7. The van der Waals surface area contributed by atoms with Gasteiger partial charge in [-0.2, -0.15) is 0 Å². The molecule has 10 heteroatoms. The van der Waals surface area contributed by atoms with Crippen molar-refractivity contribution >= 4 is 104 Å². The van der Waals surface area contributed by atoms with Crippen LogP contribution in [-0.2, 0) is 9.59 Å². The minimum Gasteiger partial charge on any atom is -0.324 e. The Kier molecular flexibility index (Phi) is 10.4. The monoisotopic (exact) mass is 624 g/mol. The third-order valence-electron chi connectivity index (χ3n) is 8.29. The van der Waals surface area contributed by atoms with Crippen molar-refractivity contribution in [2.45, 2.75) is 90.1 Å². The summed E-state index contributed by atoms with van der Waals surface area (Å²) in [6.45, 7) is 6.37. The van der Waals surface area contributed by atoms with Crippen LogP contribution in [0.15, 0.2) is 22.0 Å². The zero-order valence-electron chi connectivity index (χ0n) is 22.3. The summed E-state index contributed by atoms with van der Waals surface area (Å²) in [6.07, 6.45) is 9.95. The van der Waals surface area contributed by atoms with Crippen LogP contribution >= 0.6 is 72.4 Å². The molecule has 2 saturated heterocycles. The standard InChI is InChI=1S/C28H36N2O2S6/c1-4-28(3,30-25(34)16-23-21(27(30)36)11-14-38-23)12-9-19(32)8-7-18(31)6-5-17(2)29-24(33)15-22-20(26(29)35)10-13-37-22/h15-17,20-21H,4-14H2,1-3H3. The van der Waals surface area contributed by atoms with Gasteiger partial charge in [0.2, 0.25) is 0 Å². The molecule has 4 unspecified atom stereocenters. The molecule has 0 aromatic rings. The van der Waals surface area contributed by atoms with Crippen LogP contribution in [-0.4, -0.2) is 64.4 Å². The highest BCUT2D eigenvalue weighted by Crippen LogP contribution is 2.44. The second-order valence-electron chi connectivity index (χ2n) is 10.8. The van der Waals surface area contributed by atoms with Gasteiger partial charge in [0.1, 0.15) is 21.5 Å². The van der Waals surface area contributed by atoms with Gasteiger partial charge >= 0.3 is 0 Å². The molecule has 2 fully saturated rings. The molecule has 0 spiro atoms. The Balaban J connectivity index is 1.23. The van der Waals surface area contributed by atoms with Gasteiger partial charge in [0.05, 0.1) is 9.98 Å². The normalized spacial score (nSPS) is 25.6. The number of hydrogen-bond acceptors (Lipinski definition) is 8. The maximum atomic E-state index is 12.8. The third kappa shape index (κ3) is 6.51. The number of carbonyl (C=O) groups excluding carboxylic acids is 2. The molecule has 4 aliphatic rings. The van der Waals surface area contributed by atoms with E-state index in [1.807, 2.05) is 23.5 Å². The molecule has 206 valence electrons. The molecule has 0 N–H and O–H groups in total. The lowest BCUT2D eigenvalue weighted by Gasteiger charge is -2.45. The van der Waals surface area contributed by atoms with Crippen molar-refractivity contribution in [2.75, 3.05) is 11.5 Å². The van der Waals surface area contributed by atoms with Gasteiger partial charge in [-0.05, 0) is 79.4 Å². The van der Waals surface area contributed by atoms with Crippen LogP contribution in [0.1, 0.15) is 78.6 Å². The molecule has 0 aromatic carbocycles. The fourth-order valence-electron chi connectivity index (χ4n) is 5.62. The number of rotatable bonds is 12. The van der Waals surface area contributed by atoms with E-state index >= 15 is 0 Å². The van der Waals surface area contributed by atoms with Crippen LogP contribution in [0, 0.1) is 11.8 Å². The van der Waals surface area contributed by atoms with Crippen molar-refractivity contribution in [1.29, 1.82) is 0 Å². The summed E-state index contributed by atoms with van der Waals surface area (Å²) in [4.78, 5) is 35.6. The number of carbonyl (C=O) groups is 2. The zero-order chi connectivity index (χ0) is 27.6. The molecule has 0 bridgehead atoms. The first kappa shape index (κ1) is 30.4. The molecule has 0 amide bonds. The molecule has 38 heavy (non-hydrogen) atoms. The lowest BCUT2D eigenvalue weighted by atomic mass is 9.86. The van der Waals surface area contributed by atoms with Crippen LogP contribution in [0.5, 0.6) is 0 Å². The van der Waals surface area contributed by atoms with E-state index in [9.17, 15) is 9.59 Å². The van der Waals surface area contributed by atoms with Gasteiger partial charge in [0.15, 0.2) is 0 Å². The third-order valence-corrected chi connectivity index (χ3v) is 12.2. The molecule has 0 aromatic heterocycles. The maximum Gasteiger partial charge on any atom is 0.133 e. The molecular formula is C28H36N2O2S6. The topological polar surface area (TPSA) is 40.6 Å². The first-order chi connectivity index (χ1) is 18.1. The largest absolute Gasteiger partial charge is 0.324 e. The molecule has 4 heterocycles. The van der Waals surface area contributed by atoms with Crippen molar-refractivity contribution < 1.29 is 9.59 Å². The van der Waals surface area contributed by atoms with E-state index in [-0.39, 0.29) is 35.5 Å². The average molecular weight is 625 g/mol. The van der Waals surface area contributed by atoms with Crippen LogP contribution < -0.4 is 0 Å². The Hall–Kier alpha value is -0.520. The number of thioether (sulfide) groups is 2. The molecule has 4 rings (SSSR count). The van der Waals surface area contributed by atoms with E-state index in [1.165, 1.54) is 9.81 Å². The molecular weight excluding hydrogens is 589 g/mol. The van der Waals surface area contributed by atoms with Crippen LogP contribution in [0.2, 0.25) is 0 Å². The predicted molar refractivity (Wildman–Crippen MR) is 177 cm³/mol. The van der Waals surface area contributed by atoms with Gasteiger partial charge in [0, 0.05) is 49.1 Å². The number of thiocarbonyl (C=S) groups is 4. The fraction of sp³-hybridized carbons (Fsp3) is 0.643. The lowest BCUT2D eigenvalue weighted by Crippen LogP contribution is -2.54. The summed E-state index contributed by atoms with van der Waals surface area (Å²) in [5, 5.41) is 0. The number of Topliss-reactive ketones (excluding diaryl/α,β-unsaturated/α-hetero) is 2. The van der Waals surface area contributed by atoms with Gasteiger partial charge in [-0.15, -0.1) is 23.5 Å². The number of nitrogens with zero attached hydrogens (tertiary/aromatic N) is 2. The summed E-state index contributed by atoms with van der Waals surface area (Å²) < 4.78 is 0. The van der Waals surface area contributed by atoms with Gasteiger partial charge in [-0.25, -0.2) is 0 Å². The summed E-state index contributed by atoms with van der Waals surface area (Å²) in [5.41, 5.74) is -0.296. The smallest absolute Gasteiger partial charge is 0.133 e. The fourth-order valence-corrected chi connectivity index (χ4v) is 10.4. The Morgan fingerprint density at radius 1 is 0.921 bits per heavy atom. The van der Waals surface area contributed by atoms with Crippen molar-refractivity contribution in [2.24, 2.45) is 11.8 Å². The number of ketones is 2. The van der Waals surface area contributed by atoms with E-state index in [1.54, 1.807) is 0 Å². The maximum absolute atomic E-state index is 12.8. The summed E-state index contributed by atoms with van der Waals surface area (Å²) in [5.74, 6) is 3.00. The van der Waals surface area contributed by atoms with Crippen molar-refractivity contribution in [3.05, 3.63) is 22.0 Å². The van der Waals surface area contributed by atoms with Gasteiger partial charge in [0.25, 0.3) is 0 Å². The van der Waals surface area contributed by atoms with E-state index in [4.69, 9.17) is 48.9 Å². The van der Waals surface area contributed by atoms with Crippen molar-refractivity contribution in [1.82, 2.24) is 9.80 Å². The minimum atomic E-state index is -0.296. The highest BCUT2D eigenvalue weighted by atomic mass is 32.2. The second kappa shape index (κ2) is 13.0. The predicted octanol–water partition coefficient (Wildman–Crippen LogP) is 7.24. The molecule has 4 aliphatic heterocycles. The van der Waals surface area contributed by atoms with E-state index in [0.717, 1.165) is 50.7 Å². The number of hydrogen-bond donors (Lipinski definition) is 0. The first-order valence-corrected chi connectivity index (χ1v) is 17.1. The summed E-state index contributed by atoms with van der Waals surface area (Å²) in [6, 6.07) is 0.0772. The highest BCUT2D eigenvalue weighted by Gasteiger charge is 2.42. The number of fused-ring (bicyclic) bond motifs is 2.